The highest BCUT2D eigenvalue weighted by atomic mass is 32.1. The van der Waals surface area contributed by atoms with Crippen LogP contribution in [0.4, 0.5) is 0 Å². The summed E-state index contributed by atoms with van der Waals surface area (Å²) in [4.78, 5) is 12.5. The van der Waals surface area contributed by atoms with E-state index in [-0.39, 0.29) is 11.3 Å². The van der Waals surface area contributed by atoms with E-state index in [1.165, 1.54) is 4.68 Å². The van der Waals surface area contributed by atoms with Crippen molar-refractivity contribution in [3.8, 4) is 22.6 Å². The molecule has 3 rings (SSSR count). The molecule has 0 radical (unpaired) electrons. The summed E-state index contributed by atoms with van der Waals surface area (Å²) >= 11 is 3.87. The molecule has 21 heavy (non-hydrogen) atoms. The van der Waals surface area contributed by atoms with Gasteiger partial charge in [-0.2, -0.15) is 5.10 Å². The number of phenolic OH excluding ortho intramolecular Hbond substituents is 1. The standard InChI is InChI=1S/C15H16N2O3S/c1-8-14(20-21)13(15(19)17(2)16-8)11-6-5-10(18)7-12(11)9-3-4-9/h5-7,9,18,21H,3-4H2,1-2H3. The molecule has 1 saturated carbocycles. The molecule has 1 aliphatic carbocycles. The van der Waals surface area contributed by atoms with E-state index in [1.54, 1.807) is 32.2 Å². The minimum atomic E-state index is -0.239. The number of thiol groups is 1. The van der Waals surface area contributed by atoms with Crippen molar-refractivity contribution < 1.29 is 9.29 Å². The first-order valence-corrected chi connectivity index (χ1v) is 7.12. The van der Waals surface area contributed by atoms with E-state index >= 15 is 0 Å². The number of nitrogens with zero attached hydrogens (tertiary/aromatic N) is 2. The molecular weight excluding hydrogens is 288 g/mol. The third-order valence-electron chi connectivity index (χ3n) is 3.78. The summed E-state index contributed by atoms with van der Waals surface area (Å²) in [6.07, 6.45) is 2.13. The molecular formula is C15H16N2O3S. The lowest BCUT2D eigenvalue weighted by atomic mass is 9.96. The molecule has 0 atom stereocenters. The second-order valence-electron chi connectivity index (χ2n) is 5.36. The topological polar surface area (TPSA) is 64.4 Å². The van der Waals surface area contributed by atoms with Crippen molar-refractivity contribution in [2.45, 2.75) is 25.7 Å². The normalized spacial score (nSPS) is 14.2. The van der Waals surface area contributed by atoms with Gasteiger partial charge >= 0.3 is 0 Å². The summed E-state index contributed by atoms with van der Waals surface area (Å²) in [6, 6.07) is 5.07. The van der Waals surface area contributed by atoms with Crippen molar-refractivity contribution in [3.63, 3.8) is 0 Å². The van der Waals surface area contributed by atoms with Crippen LogP contribution in [-0.2, 0) is 7.05 Å². The van der Waals surface area contributed by atoms with Gasteiger partial charge < -0.3 is 9.29 Å². The lowest BCUT2D eigenvalue weighted by molar-refractivity contribution is 0.474. The average molecular weight is 304 g/mol. The van der Waals surface area contributed by atoms with Crippen LogP contribution in [0, 0.1) is 6.92 Å². The van der Waals surface area contributed by atoms with E-state index in [4.69, 9.17) is 4.18 Å². The van der Waals surface area contributed by atoms with Gasteiger partial charge in [0, 0.05) is 20.0 Å². The van der Waals surface area contributed by atoms with Gasteiger partial charge in [0.05, 0.1) is 5.56 Å². The minimum absolute atomic E-state index is 0.205. The van der Waals surface area contributed by atoms with Crippen molar-refractivity contribution in [3.05, 3.63) is 39.8 Å². The Morgan fingerprint density at radius 3 is 2.76 bits per heavy atom. The molecule has 1 aliphatic rings. The van der Waals surface area contributed by atoms with Crippen LogP contribution in [0.1, 0.15) is 30.0 Å². The number of aryl methyl sites for hydroxylation is 2. The van der Waals surface area contributed by atoms with Gasteiger partial charge in [-0.1, -0.05) is 6.07 Å². The van der Waals surface area contributed by atoms with Gasteiger partial charge in [0.2, 0.25) is 0 Å². The Morgan fingerprint density at radius 1 is 1.43 bits per heavy atom. The van der Waals surface area contributed by atoms with Gasteiger partial charge in [0.1, 0.15) is 11.4 Å². The van der Waals surface area contributed by atoms with Crippen LogP contribution in [0.25, 0.3) is 11.1 Å². The smallest absolute Gasteiger partial charge is 0.278 e. The lowest BCUT2D eigenvalue weighted by Gasteiger charge is -2.14. The molecule has 6 heteroatoms. The van der Waals surface area contributed by atoms with Crippen LogP contribution in [0.5, 0.6) is 11.5 Å². The molecule has 1 heterocycles. The quantitative estimate of drug-likeness (QED) is 0.676. The SMILES string of the molecule is Cc1nn(C)c(=O)c(-c2ccc(O)cc2C2CC2)c1OS. The summed E-state index contributed by atoms with van der Waals surface area (Å²) in [6.45, 7) is 1.77. The van der Waals surface area contributed by atoms with Gasteiger partial charge in [-0.15, -0.1) is 0 Å². The number of benzene rings is 1. The van der Waals surface area contributed by atoms with E-state index in [1.807, 2.05) is 0 Å². The fraction of sp³-hybridized carbons (Fsp3) is 0.333. The monoisotopic (exact) mass is 304 g/mol. The van der Waals surface area contributed by atoms with Crippen LogP contribution in [-0.4, -0.2) is 14.9 Å². The molecule has 110 valence electrons. The van der Waals surface area contributed by atoms with Crippen LogP contribution < -0.4 is 9.74 Å². The highest BCUT2D eigenvalue weighted by Gasteiger charge is 2.29. The molecule has 0 saturated heterocycles. The predicted molar refractivity (Wildman–Crippen MR) is 82.9 cm³/mol. The van der Waals surface area contributed by atoms with Gasteiger partial charge in [-0.3, -0.25) is 4.79 Å². The first kappa shape index (κ1) is 14.0. The van der Waals surface area contributed by atoms with Gasteiger partial charge in [0.25, 0.3) is 5.56 Å². The number of rotatable bonds is 3. The summed E-state index contributed by atoms with van der Waals surface area (Å²) in [5.41, 5.74) is 2.56. The third kappa shape index (κ3) is 2.40. The molecule has 1 aromatic heterocycles. The Balaban J connectivity index is 2.33. The molecule has 0 unspecified atom stereocenters. The minimum Gasteiger partial charge on any atom is -0.508 e. The van der Waals surface area contributed by atoms with Crippen LogP contribution >= 0.6 is 12.9 Å². The number of hydrogen-bond acceptors (Lipinski definition) is 5. The summed E-state index contributed by atoms with van der Waals surface area (Å²) in [5, 5.41) is 13.8. The maximum absolute atomic E-state index is 12.5. The maximum Gasteiger partial charge on any atom is 0.278 e. The Hall–Kier alpha value is -1.95. The first-order chi connectivity index (χ1) is 10.0. The van der Waals surface area contributed by atoms with Gasteiger partial charge in [-0.05, 0) is 48.9 Å². The van der Waals surface area contributed by atoms with E-state index in [2.05, 4.69) is 18.0 Å². The zero-order valence-corrected chi connectivity index (χ0v) is 12.7. The zero-order valence-electron chi connectivity index (χ0n) is 11.8. The van der Waals surface area contributed by atoms with Crippen LogP contribution in [0.2, 0.25) is 0 Å². The van der Waals surface area contributed by atoms with Gasteiger partial charge in [-0.25, -0.2) is 4.68 Å². The highest BCUT2D eigenvalue weighted by molar-refractivity contribution is 7.75. The largest absolute Gasteiger partial charge is 0.508 e. The number of hydrogen-bond donors (Lipinski definition) is 2. The second-order valence-corrected chi connectivity index (χ2v) is 5.54. The van der Waals surface area contributed by atoms with E-state index in [0.29, 0.717) is 22.9 Å². The predicted octanol–water partition coefficient (Wildman–Crippen LogP) is 2.56. The molecule has 1 aromatic carbocycles. The summed E-state index contributed by atoms with van der Waals surface area (Å²) in [7, 11) is 1.61. The number of aromatic nitrogens is 2. The molecule has 0 spiro atoms. The molecule has 0 aliphatic heterocycles. The average Bonchev–Trinajstić information content (AvgIpc) is 3.27. The van der Waals surface area contributed by atoms with E-state index in [9.17, 15) is 9.90 Å². The van der Waals surface area contributed by atoms with Crippen molar-refractivity contribution >= 4 is 12.9 Å². The zero-order chi connectivity index (χ0) is 15.1. The Bertz CT molecular complexity index is 766. The van der Waals surface area contributed by atoms with Crippen molar-refractivity contribution in [1.29, 1.82) is 0 Å². The third-order valence-corrected chi connectivity index (χ3v) is 3.96. The molecule has 0 amide bonds. The maximum atomic E-state index is 12.5. The number of phenols is 1. The molecule has 5 nitrogen and oxygen atoms in total. The molecule has 2 aromatic rings. The second kappa shape index (κ2) is 5.11. The van der Waals surface area contributed by atoms with Crippen LogP contribution in [0.3, 0.4) is 0 Å². The van der Waals surface area contributed by atoms with Crippen molar-refractivity contribution in [2.24, 2.45) is 7.05 Å². The first-order valence-electron chi connectivity index (χ1n) is 6.75. The fourth-order valence-corrected chi connectivity index (χ4v) is 2.84. The summed E-state index contributed by atoms with van der Waals surface area (Å²) in [5.74, 6) is 0.962. The lowest BCUT2D eigenvalue weighted by Crippen LogP contribution is -2.23. The highest BCUT2D eigenvalue weighted by Crippen LogP contribution is 2.46. The van der Waals surface area contributed by atoms with Gasteiger partial charge in [0.15, 0.2) is 5.75 Å². The number of aromatic hydroxyl groups is 1. The Kier molecular flexibility index (Phi) is 3.41. The van der Waals surface area contributed by atoms with Crippen molar-refractivity contribution in [2.75, 3.05) is 0 Å². The summed E-state index contributed by atoms with van der Waals surface area (Å²) < 4.78 is 6.40. The molecule has 0 bridgehead atoms. The Morgan fingerprint density at radius 2 is 2.14 bits per heavy atom. The fourth-order valence-electron chi connectivity index (χ4n) is 2.61. The van der Waals surface area contributed by atoms with Crippen molar-refractivity contribution in [1.82, 2.24) is 9.78 Å². The molecule has 1 fully saturated rings. The Labute approximate surface area is 127 Å². The van der Waals surface area contributed by atoms with E-state index < -0.39 is 0 Å². The van der Waals surface area contributed by atoms with E-state index in [0.717, 1.165) is 24.0 Å². The van der Waals surface area contributed by atoms with Crippen LogP contribution in [0.15, 0.2) is 23.0 Å². The molecule has 1 N–H and O–H groups in total.